The third kappa shape index (κ3) is 4.68. The van der Waals surface area contributed by atoms with Crippen molar-refractivity contribution in [2.24, 2.45) is 0 Å². The maximum absolute atomic E-state index is 12.7. The van der Waals surface area contributed by atoms with Crippen LogP contribution < -0.4 is 10.9 Å². The van der Waals surface area contributed by atoms with Gasteiger partial charge in [0.25, 0.3) is 5.56 Å². The van der Waals surface area contributed by atoms with Crippen LogP contribution in [0.1, 0.15) is 28.2 Å². The van der Waals surface area contributed by atoms with Crippen LogP contribution in [0.15, 0.2) is 41.5 Å². The second-order valence-electron chi connectivity index (χ2n) is 8.54. The predicted molar refractivity (Wildman–Crippen MR) is 129 cm³/mol. The Morgan fingerprint density at radius 2 is 1.97 bits per heavy atom. The second-order valence-corrected chi connectivity index (χ2v) is 8.95. The van der Waals surface area contributed by atoms with Gasteiger partial charge < -0.3 is 10.3 Å². The summed E-state index contributed by atoms with van der Waals surface area (Å²) < 4.78 is 1.77. The summed E-state index contributed by atoms with van der Waals surface area (Å²) >= 11 is 6.50. The minimum absolute atomic E-state index is 0.183. The average Bonchev–Trinajstić information content (AvgIpc) is 3.14. The van der Waals surface area contributed by atoms with Crippen molar-refractivity contribution in [1.29, 1.82) is 0 Å². The molecule has 2 N–H and O–H groups in total. The van der Waals surface area contributed by atoms with Crippen LogP contribution in [0.3, 0.4) is 0 Å². The smallest absolute Gasteiger partial charge is 0.258 e. The Kier molecular flexibility index (Phi) is 5.97. The van der Waals surface area contributed by atoms with Gasteiger partial charge in [-0.15, -0.1) is 0 Å². The molecule has 8 nitrogen and oxygen atoms in total. The summed E-state index contributed by atoms with van der Waals surface area (Å²) in [6.45, 7) is 8.64. The minimum atomic E-state index is -0.183. The van der Waals surface area contributed by atoms with Crippen LogP contribution >= 0.6 is 11.6 Å². The third-order valence-corrected chi connectivity index (χ3v) is 6.44. The van der Waals surface area contributed by atoms with Crippen molar-refractivity contribution in [2.45, 2.75) is 26.8 Å². The Balaban J connectivity index is 1.39. The van der Waals surface area contributed by atoms with Gasteiger partial charge in [0, 0.05) is 56.6 Å². The van der Waals surface area contributed by atoms with E-state index >= 15 is 0 Å². The van der Waals surface area contributed by atoms with E-state index in [4.69, 9.17) is 16.6 Å². The number of nitrogens with zero attached hydrogens (tertiary/aromatic N) is 5. The molecule has 0 bridgehead atoms. The first-order chi connectivity index (χ1) is 16.0. The van der Waals surface area contributed by atoms with E-state index in [-0.39, 0.29) is 5.56 Å². The van der Waals surface area contributed by atoms with E-state index in [2.05, 4.69) is 25.3 Å². The van der Waals surface area contributed by atoms with Crippen LogP contribution in [-0.4, -0.2) is 55.8 Å². The molecule has 1 aliphatic heterocycles. The molecule has 5 rings (SSSR count). The van der Waals surface area contributed by atoms with E-state index in [1.807, 2.05) is 38.2 Å². The van der Waals surface area contributed by atoms with E-state index in [0.717, 1.165) is 60.9 Å². The van der Waals surface area contributed by atoms with Gasteiger partial charge in [-0.2, -0.15) is 5.10 Å². The highest BCUT2D eigenvalue weighted by molar-refractivity contribution is 6.32. The molecule has 0 aliphatic carbocycles. The molecule has 4 aromatic rings. The maximum atomic E-state index is 12.7. The van der Waals surface area contributed by atoms with Gasteiger partial charge in [-0.05, 0) is 48.7 Å². The van der Waals surface area contributed by atoms with Gasteiger partial charge in [0.2, 0.25) is 0 Å². The van der Waals surface area contributed by atoms with Crippen LogP contribution in [0, 0.1) is 13.8 Å². The molecule has 3 aromatic heterocycles. The number of hydrogen-bond donors (Lipinski definition) is 2. The molecule has 1 saturated heterocycles. The van der Waals surface area contributed by atoms with Gasteiger partial charge in [-0.1, -0.05) is 17.7 Å². The Morgan fingerprint density at radius 3 is 2.67 bits per heavy atom. The number of aryl methyl sites for hydroxylation is 2. The standard InChI is InChI=1S/C24H26ClN7O/c1-15-13-32(30-16(15)2)23-4-3-17(12-27-23)9-22-28-21-10-18(14-31-7-5-26-6-8-31)20(25)11-19(21)24(33)29-22/h3-4,10-13,26H,5-9,14H2,1-2H3,(H,28,29,33). The number of aromatic amines is 1. The molecular formula is C24H26ClN7O. The van der Waals surface area contributed by atoms with Crippen molar-refractivity contribution < 1.29 is 0 Å². The van der Waals surface area contributed by atoms with E-state index in [9.17, 15) is 4.79 Å². The fourth-order valence-electron chi connectivity index (χ4n) is 4.08. The van der Waals surface area contributed by atoms with E-state index in [0.29, 0.717) is 28.2 Å². The molecule has 4 heterocycles. The summed E-state index contributed by atoms with van der Waals surface area (Å²) in [7, 11) is 0. The van der Waals surface area contributed by atoms with Crippen molar-refractivity contribution in [3.05, 3.63) is 80.2 Å². The summed E-state index contributed by atoms with van der Waals surface area (Å²) in [5.41, 5.74) is 4.53. The van der Waals surface area contributed by atoms with Gasteiger partial charge >= 0.3 is 0 Å². The van der Waals surface area contributed by atoms with Crippen molar-refractivity contribution in [3.8, 4) is 5.82 Å². The number of halogens is 1. The first kappa shape index (κ1) is 21.8. The second kappa shape index (κ2) is 9.05. The minimum Gasteiger partial charge on any atom is -0.314 e. The first-order valence-electron chi connectivity index (χ1n) is 11.1. The molecule has 0 atom stereocenters. The quantitative estimate of drug-likeness (QED) is 0.473. The maximum Gasteiger partial charge on any atom is 0.258 e. The monoisotopic (exact) mass is 463 g/mol. The first-order valence-corrected chi connectivity index (χ1v) is 11.5. The molecule has 0 amide bonds. The summed E-state index contributed by atoms with van der Waals surface area (Å²) in [6, 6.07) is 7.58. The Hall–Kier alpha value is -3.07. The van der Waals surface area contributed by atoms with Crippen molar-refractivity contribution in [3.63, 3.8) is 0 Å². The van der Waals surface area contributed by atoms with Crippen LogP contribution in [0.25, 0.3) is 16.7 Å². The van der Waals surface area contributed by atoms with Gasteiger partial charge in [0.05, 0.1) is 16.6 Å². The van der Waals surface area contributed by atoms with Gasteiger partial charge in [-0.3, -0.25) is 9.69 Å². The number of aromatic nitrogens is 5. The molecule has 0 radical (unpaired) electrons. The van der Waals surface area contributed by atoms with E-state index in [1.54, 1.807) is 16.9 Å². The lowest BCUT2D eigenvalue weighted by Gasteiger charge is -2.27. The molecule has 0 saturated carbocycles. The van der Waals surface area contributed by atoms with E-state index < -0.39 is 0 Å². The summed E-state index contributed by atoms with van der Waals surface area (Å²) in [5.74, 6) is 1.35. The van der Waals surface area contributed by atoms with Gasteiger partial charge in [-0.25, -0.2) is 14.6 Å². The zero-order chi connectivity index (χ0) is 22.9. The fraction of sp³-hybridized carbons (Fsp3) is 0.333. The van der Waals surface area contributed by atoms with Crippen molar-refractivity contribution in [2.75, 3.05) is 26.2 Å². The largest absolute Gasteiger partial charge is 0.314 e. The Labute approximate surface area is 196 Å². The zero-order valence-electron chi connectivity index (χ0n) is 18.7. The number of H-pyrrole nitrogens is 1. The van der Waals surface area contributed by atoms with Crippen LogP contribution in [0.2, 0.25) is 5.02 Å². The van der Waals surface area contributed by atoms with Crippen LogP contribution in [0.4, 0.5) is 0 Å². The fourth-order valence-corrected chi connectivity index (χ4v) is 4.30. The molecular weight excluding hydrogens is 438 g/mol. The predicted octanol–water partition coefficient (Wildman–Crippen LogP) is 2.77. The molecule has 1 aromatic carbocycles. The molecule has 33 heavy (non-hydrogen) atoms. The third-order valence-electron chi connectivity index (χ3n) is 6.09. The van der Waals surface area contributed by atoms with Gasteiger partial charge in [0.1, 0.15) is 5.82 Å². The molecule has 0 unspecified atom stereocenters. The highest BCUT2D eigenvalue weighted by Crippen LogP contribution is 2.23. The Bertz CT molecular complexity index is 1330. The van der Waals surface area contributed by atoms with E-state index in [1.165, 1.54) is 0 Å². The number of benzene rings is 1. The number of rotatable bonds is 5. The Morgan fingerprint density at radius 1 is 1.15 bits per heavy atom. The molecule has 9 heteroatoms. The topological polar surface area (TPSA) is 91.7 Å². The van der Waals surface area contributed by atoms with Crippen molar-refractivity contribution in [1.82, 2.24) is 34.9 Å². The van der Waals surface area contributed by atoms with Crippen LogP contribution in [-0.2, 0) is 13.0 Å². The van der Waals surface area contributed by atoms with Crippen LogP contribution in [0.5, 0.6) is 0 Å². The molecule has 0 spiro atoms. The van der Waals surface area contributed by atoms with Gasteiger partial charge in [0.15, 0.2) is 5.82 Å². The lowest BCUT2D eigenvalue weighted by atomic mass is 10.1. The molecule has 170 valence electrons. The lowest BCUT2D eigenvalue weighted by molar-refractivity contribution is 0.233. The number of hydrogen-bond acceptors (Lipinski definition) is 6. The highest BCUT2D eigenvalue weighted by Gasteiger charge is 2.15. The summed E-state index contributed by atoms with van der Waals surface area (Å²) in [5, 5.41) is 8.94. The highest BCUT2D eigenvalue weighted by atomic mass is 35.5. The SMILES string of the molecule is Cc1cn(-c2ccc(Cc3nc4cc(CN5CCNCC5)c(Cl)cc4c(=O)[nH]3)cn2)nc1C. The number of nitrogens with one attached hydrogen (secondary N) is 2. The lowest BCUT2D eigenvalue weighted by Crippen LogP contribution is -2.42. The van der Waals surface area contributed by atoms with Crippen molar-refractivity contribution >= 4 is 22.5 Å². The molecule has 1 fully saturated rings. The summed E-state index contributed by atoms with van der Waals surface area (Å²) in [4.78, 5) is 27.2. The number of fused-ring (bicyclic) bond motifs is 1. The number of piperazine rings is 1. The number of pyridine rings is 1. The molecule has 1 aliphatic rings. The summed E-state index contributed by atoms with van der Waals surface area (Å²) in [6.07, 6.45) is 4.23. The zero-order valence-corrected chi connectivity index (χ0v) is 19.5. The average molecular weight is 464 g/mol. The normalized spacial score (nSPS) is 14.8.